The van der Waals surface area contributed by atoms with Crippen LogP contribution in [-0.2, 0) is 4.79 Å². The van der Waals surface area contributed by atoms with Crippen LogP contribution in [0.15, 0.2) is 12.3 Å². The standard InChI is InChI=1S/C11H16N4O3/c1-6(2)15(5-8(12)16)10-9(13)7(11(17)18)3-4-14-10/h3-4,6H,5,13H2,1-2H3,(H2,12,16)(H,17,18). The van der Waals surface area contributed by atoms with Crippen molar-refractivity contribution in [3.8, 4) is 0 Å². The number of hydrogen-bond donors (Lipinski definition) is 3. The van der Waals surface area contributed by atoms with Crippen molar-refractivity contribution in [2.24, 2.45) is 5.73 Å². The maximum atomic E-state index is 11.0. The van der Waals surface area contributed by atoms with Crippen LogP contribution in [0.2, 0.25) is 0 Å². The molecule has 0 aliphatic heterocycles. The van der Waals surface area contributed by atoms with Crippen molar-refractivity contribution in [2.45, 2.75) is 19.9 Å². The Morgan fingerprint density at radius 3 is 2.56 bits per heavy atom. The number of carboxylic acid groups (broad SMARTS) is 1. The van der Waals surface area contributed by atoms with E-state index in [4.69, 9.17) is 16.6 Å². The monoisotopic (exact) mass is 252 g/mol. The summed E-state index contributed by atoms with van der Waals surface area (Å²) in [6.07, 6.45) is 1.34. The molecule has 1 heterocycles. The number of nitrogen functional groups attached to an aromatic ring is 1. The summed E-state index contributed by atoms with van der Waals surface area (Å²) in [5.41, 5.74) is 10.9. The molecule has 0 fully saturated rings. The highest BCUT2D eigenvalue weighted by atomic mass is 16.4. The van der Waals surface area contributed by atoms with Crippen LogP contribution in [0, 0.1) is 0 Å². The van der Waals surface area contributed by atoms with Crippen molar-refractivity contribution in [1.29, 1.82) is 0 Å². The lowest BCUT2D eigenvalue weighted by atomic mass is 10.2. The molecule has 0 saturated carbocycles. The highest BCUT2D eigenvalue weighted by molar-refractivity contribution is 5.96. The van der Waals surface area contributed by atoms with Gasteiger partial charge in [0.25, 0.3) is 0 Å². The lowest BCUT2D eigenvalue weighted by molar-refractivity contribution is -0.116. The van der Waals surface area contributed by atoms with Crippen LogP contribution in [0.5, 0.6) is 0 Å². The summed E-state index contributed by atoms with van der Waals surface area (Å²) in [7, 11) is 0. The van der Waals surface area contributed by atoms with Gasteiger partial charge in [0, 0.05) is 12.2 Å². The molecule has 0 unspecified atom stereocenters. The lowest BCUT2D eigenvalue weighted by Crippen LogP contribution is -2.39. The number of anilines is 2. The molecule has 0 aromatic carbocycles. The number of carbonyl (C=O) groups excluding carboxylic acids is 1. The summed E-state index contributed by atoms with van der Waals surface area (Å²) in [4.78, 5) is 27.6. The minimum absolute atomic E-state index is 0.0277. The minimum atomic E-state index is -1.14. The van der Waals surface area contributed by atoms with E-state index >= 15 is 0 Å². The summed E-state index contributed by atoms with van der Waals surface area (Å²) in [5, 5.41) is 8.97. The van der Waals surface area contributed by atoms with Gasteiger partial charge in [0.15, 0.2) is 5.82 Å². The number of primary amides is 1. The molecular weight excluding hydrogens is 236 g/mol. The van der Waals surface area contributed by atoms with Gasteiger partial charge in [-0.05, 0) is 19.9 Å². The first-order valence-corrected chi connectivity index (χ1v) is 5.37. The molecule has 5 N–H and O–H groups in total. The van der Waals surface area contributed by atoms with Crippen molar-refractivity contribution in [2.75, 3.05) is 17.2 Å². The van der Waals surface area contributed by atoms with Crippen molar-refractivity contribution >= 4 is 23.4 Å². The largest absolute Gasteiger partial charge is 0.478 e. The third-order valence-electron chi connectivity index (χ3n) is 2.42. The molecule has 0 saturated heterocycles. The molecule has 1 rings (SSSR count). The molecule has 0 aliphatic rings. The normalized spacial score (nSPS) is 10.4. The van der Waals surface area contributed by atoms with Crippen molar-refractivity contribution < 1.29 is 14.7 Å². The minimum Gasteiger partial charge on any atom is -0.478 e. The fourth-order valence-corrected chi connectivity index (χ4v) is 1.55. The van der Waals surface area contributed by atoms with Crippen LogP contribution >= 0.6 is 0 Å². The Hall–Kier alpha value is -2.31. The van der Waals surface area contributed by atoms with Gasteiger partial charge in [0.1, 0.15) is 0 Å². The highest BCUT2D eigenvalue weighted by Gasteiger charge is 2.20. The van der Waals surface area contributed by atoms with Gasteiger partial charge >= 0.3 is 5.97 Å². The zero-order chi connectivity index (χ0) is 13.9. The average Bonchev–Trinajstić information content (AvgIpc) is 2.25. The number of aromatic nitrogens is 1. The Balaban J connectivity index is 3.24. The zero-order valence-corrected chi connectivity index (χ0v) is 10.3. The van der Waals surface area contributed by atoms with E-state index in [1.54, 1.807) is 4.90 Å². The molecule has 7 heteroatoms. The van der Waals surface area contributed by atoms with E-state index in [2.05, 4.69) is 4.98 Å². The van der Waals surface area contributed by atoms with E-state index in [1.165, 1.54) is 12.3 Å². The van der Waals surface area contributed by atoms with E-state index in [1.807, 2.05) is 13.8 Å². The fourth-order valence-electron chi connectivity index (χ4n) is 1.55. The Kier molecular flexibility index (Phi) is 4.09. The van der Waals surface area contributed by atoms with Crippen LogP contribution in [-0.4, -0.2) is 34.6 Å². The number of nitrogens with zero attached hydrogens (tertiary/aromatic N) is 2. The summed E-state index contributed by atoms with van der Waals surface area (Å²) < 4.78 is 0. The number of rotatable bonds is 5. The topological polar surface area (TPSA) is 123 Å². The third-order valence-corrected chi connectivity index (χ3v) is 2.42. The molecule has 0 radical (unpaired) electrons. The molecule has 0 aliphatic carbocycles. The Morgan fingerprint density at radius 2 is 2.11 bits per heavy atom. The van der Waals surface area contributed by atoms with Gasteiger partial charge in [-0.15, -0.1) is 0 Å². The molecule has 1 aromatic heterocycles. The maximum Gasteiger partial charge on any atom is 0.337 e. The van der Waals surface area contributed by atoms with Crippen molar-refractivity contribution in [3.05, 3.63) is 17.8 Å². The molecule has 0 spiro atoms. The van der Waals surface area contributed by atoms with Crippen LogP contribution in [0.4, 0.5) is 11.5 Å². The van der Waals surface area contributed by atoms with Gasteiger partial charge in [0.2, 0.25) is 5.91 Å². The second kappa shape index (κ2) is 5.35. The van der Waals surface area contributed by atoms with Crippen LogP contribution in [0.1, 0.15) is 24.2 Å². The second-order valence-electron chi connectivity index (χ2n) is 4.09. The maximum absolute atomic E-state index is 11.0. The molecule has 1 amide bonds. The molecular formula is C11H16N4O3. The smallest absolute Gasteiger partial charge is 0.337 e. The van der Waals surface area contributed by atoms with Crippen LogP contribution < -0.4 is 16.4 Å². The fraction of sp³-hybridized carbons (Fsp3) is 0.364. The second-order valence-corrected chi connectivity index (χ2v) is 4.09. The molecule has 7 nitrogen and oxygen atoms in total. The Morgan fingerprint density at radius 1 is 1.50 bits per heavy atom. The van der Waals surface area contributed by atoms with Crippen molar-refractivity contribution in [1.82, 2.24) is 4.98 Å². The average molecular weight is 252 g/mol. The summed E-state index contributed by atoms with van der Waals surface area (Å²) in [6, 6.07) is 1.22. The van der Waals surface area contributed by atoms with E-state index in [0.29, 0.717) is 0 Å². The Bertz CT molecular complexity index is 473. The van der Waals surface area contributed by atoms with E-state index in [0.717, 1.165) is 0 Å². The van der Waals surface area contributed by atoms with Gasteiger partial charge in [-0.1, -0.05) is 0 Å². The van der Waals surface area contributed by atoms with Gasteiger partial charge in [-0.2, -0.15) is 0 Å². The summed E-state index contributed by atoms with van der Waals surface area (Å²) in [5.74, 6) is -1.42. The third kappa shape index (κ3) is 2.88. The van der Waals surface area contributed by atoms with E-state index in [9.17, 15) is 9.59 Å². The van der Waals surface area contributed by atoms with E-state index in [-0.39, 0.29) is 29.7 Å². The predicted octanol–water partition coefficient (Wildman–Crippen LogP) is 0.0621. The first kappa shape index (κ1) is 13.8. The lowest BCUT2D eigenvalue weighted by Gasteiger charge is -2.27. The van der Waals surface area contributed by atoms with Gasteiger partial charge in [-0.3, -0.25) is 4.79 Å². The first-order valence-electron chi connectivity index (χ1n) is 5.37. The number of amides is 1. The molecule has 98 valence electrons. The number of aromatic carboxylic acids is 1. The first-order chi connectivity index (χ1) is 8.34. The zero-order valence-electron chi connectivity index (χ0n) is 10.3. The van der Waals surface area contributed by atoms with Gasteiger partial charge in [0.05, 0.1) is 17.8 Å². The predicted molar refractivity (Wildman–Crippen MR) is 67.3 cm³/mol. The number of hydrogen-bond acceptors (Lipinski definition) is 5. The molecule has 0 bridgehead atoms. The van der Waals surface area contributed by atoms with Crippen LogP contribution in [0.25, 0.3) is 0 Å². The number of carbonyl (C=O) groups is 2. The van der Waals surface area contributed by atoms with E-state index < -0.39 is 11.9 Å². The number of carboxylic acids is 1. The highest BCUT2D eigenvalue weighted by Crippen LogP contribution is 2.25. The molecule has 1 aromatic rings. The van der Waals surface area contributed by atoms with Crippen LogP contribution in [0.3, 0.4) is 0 Å². The Labute approximate surface area is 104 Å². The van der Waals surface area contributed by atoms with Gasteiger partial charge < -0.3 is 21.5 Å². The van der Waals surface area contributed by atoms with Crippen molar-refractivity contribution in [3.63, 3.8) is 0 Å². The molecule has 0 atom stereocenters. The van der Waals surface area contributed by atoms with Gasteiger partial charge in [-0.25, -0.2) is 9.78 Å². The summed E-state index contributed by atoms with van der Waals surface area (Å²) >= 11 is 0. The number of nitrogens with two attached hydrogens (primary N) is 2. The SMILES string of the molecule is CC(C)N(CC(N)=O)c1nccc(C(=O)O)c1N. The molecule has 18 heavy (non-hydrogen) atoms. The number of pyridine rings is 1. The quantitative estimate of drug-likeness (QED) is 0.681. The summed E-state index contributed by atoms with van der Waals surface area (Å²) in [6.45, 7) is 3.59.